The molecular weight excluding hydrogens is 647 g/mol. The van der Waals surface area contributed by atoms with Crippen LogP contribution in [0, 0.1) is 17.8 Å². The maximum absolute atomic E-state index is 7.05. The Balaban J connectivity index is 1.05. The van der Waals surface area contributed by atoms with Crippen molar-refractivity contribution in [2.45, 2.75) is 82.7 Å². The molecule has 264 valence electrons. The Hall–Kier alpha value is -5.02. The maximum Gasteiger partial charge on any atom is 0.131 e. The molecule has 0 N–H and O–H groups in total. The standard InChI is InChI=1S/C50H47NO2/c1-3-14-32(15-4-1)33-27-29-46-41(30-33)48(38-19-8-11-23-44(38)52-46)50-39-20-9-12-24-45(39)53-47-25-13-21-36(49(47)50)34-26-28-43-40(31-34)37-18-7-10-22-42(37)51(43)35-16-5-2-6-17-35/h2,5,7-8,11,13-14,16,18-21,23-30,34,47-50H,1,3-4,6,9-10,12,15,17,22,31H2. The lowest BCUT2D eigenvalue weighted by atomic mass is 9.60. The minimum atomic E-state index is -0.0171. The van der Waals surface area contributed by atoms with Crippen molar-refractivity contribution in [2.75, 3.05) is 0 Å². The van der Waals surface area contributed by atoms with Gasteiger partial charge in [-0.3, -0.25) is 0 Å². The highest BCUT2D eigenvalue weighted by molar-refractivity contribution is 5.74. The van der Waals surface area contributed by atoms with Gasteiger partial charge in [-0.05, 0) is 141 Å². The third-order valence-corrected chi connectivity index (χ3v) is 13.2. The Labute approximate surface area is 313 Å². The summed E-state index contributed by atoms with van der Waals surface area (Å²) in [6.45, 7) is 0. The van der Waals surface area contributed by atoms with Gasteiger partial charge in [-0.2, -0.15) is 0 Å². The summed E-state index contributed by atoms with van der Waals surface area (Å²) in [6, 6.07) is 15.9. The molecule has 1 saturated heterocycles. The molecule has 3 heteroatoms. The van der Waals surface area contributed by atoms with Gasteiger partial charge in [0.2, 0.25) is 0 Å². The second-order valence-corrected chi connectivity index (χ2v) is 16.1. The molecule has 2 aliphatic heterocycles. The number of hydrogen-bond donors (Lipinski definition) is 0. The van der Waals surface area contributed by atoms with Gasteiger partial charge in [0.25, 0.3) is 0 Å². The highest BCUT2D eigenvalue weighted by atomic mass is 16.5. The number of ether oxygens (including phenoxy) is 2. The third kappa shape index (κ3) is 5.14. The first-order chi connectivity index (χ1) is 26.3. The van der Waals surface area contributed by atoms with Crippen LogP contribution in [0.25, 0.3) is 23.4 Å². The van der Waals surface area contributed by atoms with Crippen LogP contribution in [0.15, 0.2) is 126 Å². The zero-order valence-corrected chi connectivity index (χ0v) is 30.5. The summed E-state index contributed by atoms with van der Waals surface area (Å²) in [7, 11) is 0. The number of benzene rings is 2. The Morgan fingerprint density at radius 1 is 0.717 bits per heavy atom. The zero-order valence-electron chi connectivity index (χ0n) is 30.5. The maximum atomic E-state index is 7.05. The van der Waals surface area contributed by atoms with Crippen molar-refractivity contribution in [3.05, 3.63) is 165 Å². The molecule has 11 rings (SSSR count). The summed E-state index contributed by atoms with van der Waals surface area (Å²) in [5.74, 6) is 3.93. The summed E-state index contributed by atoms with van der Waals surface area (Å²) in [6.07, 6.45) is 43.6. The first-order valence-electron chi connectivity index (χ1n) is 20.3. The Morgan fingerprint density at radius 3 is 2.57 bits per heavy atom. The van der Waals surface area contributed by atoms with Crippen molar-refractivity contribution in [1.29, 1.82) is 0 Å². The number of aromatic nitrogens is 1. The van der Waals surface area contributed by atoms with Gasteiger partial charge < -0.3 is 14.0 Å². The van der Waals surface area contributed by atoms with Gasteiger partial charge in [-0.15, -0.1) is 0 Å². The van der Waals surface area contributed by atoms with Gasteiger partial charge in [0, 0.05) is 51.9 Å². The zero-order chi connectivity index (χ0) is 34.9. The minimum absolute atomic E-state index is 0.0171. The molecule has 6 aliphatic carbocycles. The Kier molecular flexibility index (Phi) is 7.63. The fraction of sp³-hybridized carbons (Fsp3) is 0.320. The van der Waals surface area contributed by atoms with E-state index in [9.17, 15) is 0 Å². The lowest BCUT2D eigenvalue weighted by Gasteiger charge is -2.49. The third-order valence-electron chi connectivity index (χ3n) is 13.2. The average Bonchev–Trinajstić information content (AvgIpc) is 3.56. The fourth-order valence-electron chi connectivity index (χ4n) is 10.9. The number of rotatable bonds is 4. The highest BCUT2D eigenvalue weighted by Gasteiger charge is 2.50. The monoisotopic (exact) mass is 693 g/mol. The Morgan fingerprint density at radius 2 is 1.64 bits per heavy atom. The highest BCUT2D eigenvalue weighted by Crippen LogP contribution is 2.58. The first-order valence-corrected chi connectivity index (χ1v) is 20.3. The molecule has 53 heavy (non-hydrogen) atoms. The van der Waals surface area contributed by atoms with Crippen molar-refractivity contribution in [3.63, 3.8) is 0 Å². The van der Waals surface area contributed by atoms with Crippen LogP contribution in [-0.2, 0) is 17.6 Å². The summed E-state index contributed by atoms with van der Waals surface area (Å²) >= 11 is 0. The van der Waals surface area contributed by atoms with Crippen molar-refractivity contribution in [3.8, 4) is 11.5 Å². The number of para-hydroxylation sites is 1. The van der Waals surface area contributed by atoms with Crippen LogP contribution in [0.2, 0.25) is 0 Å². The van der Waals surface area contributed by atoms with Gasteiger partial charge in [-0.1, -0.05) is 84.5 Å². The SMILES string of the molecule is C1=CCCC(n2c3c(c4c2CCC=C4)CC(C2=CC=CC4OC5=CCCC=C5C(C5c6ccccc6Oc6ccc(C7=CCCCC7)cc65)C24)C=C3)=C1. The molecule has 3 heterocycles. The molecular formula is C50H47NO2. The molecule has 3 nitrogen and oxygen atoms in total. The van der Waals surface area contributed by atoms with Gasteiger partial charge in [0.15, 0.2) is 0 Å². The van der Waals surface area contributed by atoms with E-state index in [1.807, 2.05) is 0 Å². The first kappa shape index (κ1) is 31.5. The van der Waals surface area contributed by atoms with E-state index >= 15 is 0 Å². The van der Waals surface area contributed by atoms with E-state index in [1.165, 1.54) is 80.9 Å². The molecule has 1 fully saturated rings. The van der Waals surface area contributed by atoms with Crippen molar-refractivity contribution < 1.29 is 9.47 Å². The van der Waals surface area contributed by atoms with E-state index in [2.05, 4.69) is 126 Å². The lowest BCUT2D eigenvalue weighted by Crippen LogP contribution is -2.43. The Bertz CT molecular complexity index is 2310. The van der Waals surface area contributed by atoms with Gasteiger partial charge in [-0.25, -0.2) is 0 Å². The van der Waals surface area contributed by atoms with Crippen LogP contribution in [0.5, 0.6) is 11.5 Å². The van der Waals surface area contributed by atoms with Crippen LogP contribution in [0.4, 0.5) is 0 Å². The average molecular weight is 694 g/mol. The molecule has 5 unspecified atom stereocenters. The van der Waals surface area contributed by atoms with Crippen molar-refractivity contribution in [1.82, 2.24) is 4.57 Å². The molecule has 5 atom stereocenters. The molecule has 3 aromatic rings. The van der Waals surface area contributed by atoms with Crippen molar-refractivity contribution >= 4 is 23.4 Å². The van der Waals surface area contributed by atoms with Crippen molar-refractivity contribution in [2.24, 2.45) is 17.8 Å². The molecule has 0 radical (unpaired) electrons. The van der Waals surface area contributed by atoms with Gasteiger partial charge >= 0.3 is 0 Å². The van der Waals surface area contributed by atoms with E-state index < -0.39 is 0 Å². The molecule has 8 aliphatic rings. The summed E-state index contributed by atoms with van der Waals surface area (Å²) in [5, 5.41) is 0. The summed E-state index contributed by atoms with van der Waals surface area (Å²) in [4.78, 5) is 0. The number of fused-ring (bicyclic) bond motifs is 7. The fourth-order valence-corrected chi connectivity index (χ4v) is 10.9. The van der Waals surface area contributed by atoms with E-state index in [0.29, 0.717) is 5.92 Å². The second kappa shape index (κ2) is 12.8. The van der Waals surface area contributed by atoms with E-state index in [4.69, 9.17) is 9.47 Å². The predicted molar refractivity (Wildman–Crippen MR) is 216 cm³/mol. The molecule has 2 aromatic carbocycles. The summed E-state index contributed by atoms with van der Waals surface area (Å²) < 4.78 is 16.4. The molecule has 1 aromatic heterocycles. The van der Waals surface area contributed by atoms with Crippen LogP contribution in [-0.4, -0.2) is 10.7 Å². The van der Waals surface area contributed by atoms with Crippen LogP contribution >= 0.6 is 0 Å². The number of hydrogen-bond acceptors (Lipinski definition) is 2. The van der Waals surface area contributed by atoms with Gasteiger partial charge in [0.1, 0.15) is 23.4 Å². The van der Waals surface area contributed by atoms with Crippen LogP contribution < -0.4 is 4.74 Å². The van der Waals surface area contributed by atoms with Crippen LogP contribution in [0.3, 0.4) is 0 Å². The van der Waals surface area contributed by atoms with E-state index in [-0.39, 0.29) is 23.9 Å². The summed E-state index contributed by atoms with van der Waals surface area (Å²) in [5.41, 5.74) is 15.7. The lowest BCUT2D eigenvalue weighted by molar-refractivity contribution is 0.0556. The molecule has 0 spiro atoms. The second-order valence-electron chi connectivity index (χ2n) is 16.1. The normalized spacial score (nSPS) is 27.5. The van der Waals surface area contributed by atoms with Gasteiger partial charge in [0.05, 0.1) is 0 Å². The topological polar surface area (TPSA) is 23.4 Å². The quantitative estimate of drug-likeness (QED) is 0.272. The largest absolute Gasteiger partial charge is 0.486 e. The minimum Gasteiger partial charge on any atom is -0.486 e. The number of allylic oxidation sites excluding steroid dienone is 13. The predicted octanol–water partition coefficient (Wildman–Crippen LogP) is 12.5. The molecule has 0 bridgehead atoms. The van der Waals surface area contributed by atoms with E-state index in [1.54, 1.807) is 0 Å². The smallest absolute Gasteiger partial charge is 0.131 e. The van der Waals surface area contributed by atoms with Crippen LogP contribution in [0.1, 0.15) is 103 Å². The van der Waals surface area contributed by atoms with E-state index in [0.717, 1.165) is 68.6 Å². The molecule has 0 amide bonds. The molecule has 0 saturated carbocycles. The number of nitrogens with zero attached hydrogens (tertiary/aromatic N) is 1.